The molecule has 1 heterocycles. The molecule has 140 valence electrons. The first-order chi connectivity index (χ1) is 12.4. The number of ketones is 2. The summed E-state index contributed by atoms with van der Waals surface area (Å²) in [5.74, 6) is 2.54. The zero-order chi connectivity index (χ0) is 18.3. The molecule has 4 heteroatoms. The van der Waals surface area contributed by atoms with Gasteiger partial charge in [-0.05, 0) is 62.4 Å². The van der Waals surface area contributed by atoms with Crippen LogP contribution in [-0.4, -0.2) is 35.0 Å². The minimum absolute atomic E-state index is 0.00939. The topological polar surface area (TPSA) is 54.2 Å². The summed E-state index contributed by atoms with van der Waals surface area (Å²) < 4.78 is 0. The standard InChI is InChI=1S/C22H29NO3/c1-13(24)23-12-19(23)22-10-7-15(25)11-14(22)3-4-16-17-5-6-20(26)21(17,2)9-8-18(16)22/h11,16-19H,3-10,12H2,1-2H3/t16-,17-,18-,19+,21-,22+,23?/m0/s1. The largest absolute Gasteiger partial charge is 0.335 e. The predicted molar refractivity (Wildman–Crippen MR) is 97.2 cm³/mol. The average molecular weight is 355 g/mol. The summed E-state index contributed by atoms with van der Waals surface area (Å²) in [6.07, 6.45) is 9.43. The van der Waals surface area contributed by atoms with Crippen molar-refractivity contribution in [3.8, 4) is 0 Å². The Hall–Kier alpha value is -1.45. The number of nitrogens with zero attached hydrogens (tertiary/aromatic N) is 1. The Morgan fingerprint density at radius 2 is 1.88 bits per heavy atom. The zero-order valence-corrected chi connectivity index (χ0v) is 15.9. The molecule has 5 rings (SSSR count). The van der Waals surface area contributed by atoms with Gasteiger partial charge in [0.25, 0.3) is 0 Å². The molecule has 0 spiro atoms. The van der Waals surface area contributed by atoms with E-state index < -0.39 is 0 Å². The number of fused-ring (bicyclic) bond motifs is 5. The van der Waals surface area contributed by atoms with Crippen molar-refractivity contribution < 1.29 is 14.4 Å². The van der Waals surface area contributed by atoms with Crippen molar-refractivity contribution in [3.63, 3.8) is 0 Å². The number of hydrogen-bond acceptors (Lipinski definition) is 3. The molecule has 1 amide bonds. The van der Waals surface area contributed by atoms with Crippen molar-refractivity contribution in [3.05, 3.63) is 11.6 Å². The molecule has 1 saturated heterocycles. The van der Waals surface area contributed by atoms with Crippen LogP contribution in [0.5, 0.6) is 0 Å². The van der Waals surface area contributed by atoms with E-state index in [-0.39, 0.29) is 28.6 Å². The summed E-state index contributed by atoms with van der Waals surface area (Å²) >= 11 is 0. The second kappa shape index (κ2) is 5.30. The van der Waals surface area contributed by atoms with Crippen LogP contribution in [0.3, 0.4) is 0 Å². The second-order valence-electron chi connectivity index (χ2n) is 9.70. The second-order valence-corrected chi connectivity index (χ2v) is 9.70. The molecule has 0 radical (unpaired) electrons. The monoisotopic (exact) mass is 355 g/mol. The third-order valence-corrected chi connectivity index (χ3v) is 8.88. The lowest BCUT2D eigenvalue weighted by Crippen LogP contribution is -2.54. The Morgan fingerprint density at radius 3 is 2.62 bits per heavy atom. The highest BCUT2D eigenvalue weighted by Crippen LogP contribution is 2.67. The molecule has 6 atom stereocenters. The molecule has 4 aliphatic carbocycles. The SMILES string of the molecule is CC(=O)N1C[C@@H]1[C@]12CCC(=O)C=C1CC[C@@H]1[C@@H]2CC[C@]2(C)C(=O)CC[C@@H]12. The lowest BCUT2D eigenvalue weighted by atomic mass is 9.46. The minimum Gasteiger partial charge on any atom is -0.335 e. The van der Waals surface area contributed by atoms with E-state index in [0.717, 1.165) is 51.5 Å². The van der Waals surface area contributed by atoms with Gasteiger partial charge in [-0.15, -0.1) is 0 Å². The van der Waals surface area contributed by atoms with E-state index in [1.54, 1.807) is 6.92 Å². The van der Waals surface area contributed by atoms with Crippen molar-refractivity contribution >= 4 is 17.5 Å². The Balaban J connectivity index is 1.56. The molecule has 0 bridgehead atoms. The third kappa shape index (κ3) is 1.99. The lowest BCUT2D eigenvalue weighted by Gasteiger charge is -2.58. The molecule has 0 aromatic rings. The van der Waals surface area contributed by atoms with E-state index in [9.17, 15) is 14.4 Å². The fraction of sp³-hybridized carbons (Fsp3) is 0.773. The van der Waals surface area contributed by atoms with Crippen LogP contribution in [0.2, 0.25) is 0 Å². The molecular formula is C22H29NO3. The predicted octanol–water partition coefficient (Wildman–Crippen LogP) is 3.30. The molecule has 0 N–H and O–H groups in total. The number of amides is 1. The van der Waals surface area contributed by atoms with E-state index in [4.69, 9.17) is 0 Å². The number of rotatable bonds is 1. The van der Waals surface area contributed by atoms with Gasteiger partial charge in [0, 0.05) is 37.1 Å². The summed E-state index contributed by atoms with van der Waals surface area (Å²) in [5.41, 5.74) is 1.23. The van der Waals surface area contributed by atoms with Crippen LogP contribution in [0.4, 0.5) is 0 Å². The smallest absolute Gasteiger partial charge is 0.219 e. The lowest BCUT2D eigenvalue weighted by molar-refractivity contribution is -0.133. The number of carbonyl (C=O) groups is 3. The summed E-state index contributed by atoms with van der Waals surface area (Å²) in [6.45, 7) is 4.73. The number of carbonyl (C=O) groups excluding carboxylic acids is 3. The molecule has 4 nitrogen and oxygen atoms in total. The van der Waals surface area contributed by atoms with Gasteiger partial charge in [0.2, 0.25) is 5.91 Å². The van der Waals surface area contributed by atoms with Gasteiger partial charge < -0.3 is 4.90 Å². The van der Waals surface area contributed by atoms with Gasteiger partial charge in [0.05, 0.1) is 6.04 Å². The van der Waals surface area contributed by atoms with Crippen LogP contribution < -0.4 is 0 Å². The Labute approximate surface area is 155 Å². The number of Topliss-reactive ketones (excluding diaryl/α,β-unsaturated/α-hetero) is 1. The summed E-state index contributed by atoms with van der Waals surface area (Å²) in [6, 6.07) is 0.286. The number of hydrogen-bond donors (Lipinski definition) is 0. The molecule has 1 aliphatic heterocycles. The van der Waals surface area contributed by atoms with Crippen LogP contribution in [-0.2, 0) is 14.4 Å². The molecule has 3 saturated carbocycles. The first-order valence-electron chi connectivity index (χ1n) is 10.4. The fourth-order valence-electron chi connectivity index (χ4n) is 7.60. The third-order valence-electron chi connectivity index (χ3n) is 8.88. The highest BCUT2D eigenvalue weighted by molar-refractivity contribution is 5.92. The summed E-state index contributed by atoms with van der Waals surface area (Å²) in [5, 5.41) is 0. The maximum absolute atomic E-state index is 12.6. The summed E-state index contributed by atoms with van der Waals surface area (Å²) in [7, 11) is 0. The van der Waals surface area contributed by atoms with E-state index in [1.807, 2.05) is 11.0 Å². The fourth-order valence-corrected chi connectivity index (χ4v) is 7.60. The first kappa shape index (κ1) is 16.7. The highest BCUT2D eigenvalue weighted by atomic mass is 16.2. The van der Waals surface area contributed by atoms with Crippen LogP contribution in [0.15, 0.2) is 11.6 Å². The maximum atomic E-state index is 12.6. The summed E-state index contributed by atoms with van der Waals surface area (Å²) in [4.78, 5) is 38.8. The molecule has 0 unspecified atom stereocenters. The van der Waals surface area contributed by atoms with Crippen LogP contribution in [0.1, 0.15) is 65.2 Å². The van der Waals surface area contributed by atoms with Gasteiger partial charge in [-0.2, -0.15) is 0 Å². The van der Waals surface area contributed by atoms with Crippen LogP contribution in [0.25, 0.3) is 0 Å². The van der Waals surface area contributed by atoms with Gasteiger partial charge in [-0.3, -0.25) is 14.4 Å². The van der Waals surface area contributed by atoms with Gasteiger partial charge in [0.15, 0.2) is 5.78 Å². The van der Waals surface area contributed by atoms with E-state index >= 15 is 0 Å². The van der Waals surface area contributed by atoms with Crippen LogP contribution in [0, 0.1) is 28.6 Å². The highest BCUT2D eigenvalue weighted by Gasteiger charge is 2.65. The molecule has 5 aliphatic rings. The maximum Gasteiger partial charge on any atom is 0.219 e. The van der Waals surface area contributed by atoms with Crippen LogP contribution >= 0.6 is 0 Å². The van der Waals surface area contributed by atoms with Gasteiger partial charge >= 0.3 is 0 Å². The molecule has 0 aromatic carbocycles. The average Bonchev–Trinajstić information content (AvgIpc) is 3.36. The Morgan fingerprint density at radius 1 is 1.08 bits per heavy atom. The van der Waals surface area contributed by atoms with E-state index in [0.29, 0.717) is 30.0 Å². The van der Waals surface area contributed by atoms with E-state index in [2.05, 4.69) is 6.92 Å². The first-order valence-corrected chi connectivity index (χ1v) is 10.4. The molecule has 0 aromatic heterocycles. The van der Waals surface area contributed by atoms with Crippen molar-refractivity contribution in [1.82, 2.24) is 4.90 Å². The van der Waals surface area contributed by atoms with Crippen molar-refractivity contribution in [2.45, 2.75) is 71.3 Å². The Kier molecular flexibility index (Phi) is 3.40. The van der Waals surface area contributed by atoms with Crippen molar-refractivity contribution in [1.29, 1.82) is 0 Å². The van der Waals surface area contributed by atoms with Gasteiger partial charge in [0.1, 0.15) is 5.78 Å². The van der Waals surface area contributed by atoms with Gasteiger partial charge in [-0.25, -0.2) is 0 Å². The van der Waals surface area contributed by atoms with Crippen molar-refractivity contribution in [2.75, 3.05) is 6.54 Å². The zero-order valence-electron chi connectivity index (χ0n) is 15.9. The Bertz CT molecular complexity index is 740. The van der Waals surface area contributed by atoms with Gasteiger partial charge in [-0.1, -0.05) is 12.5 Å². The molecule has 26 heavy (non-hydrogen) atoms. The quantitative estimate of drug-likeness (QED) is 0.678. The minimum atomic E-state index is -0.113. The van der Waals surface area contributed by atoms with E-state index in [1.165, 1.54) is 5.57 Å². The normalized spacial score (nSPS) is 47.0. The molecular weight excluding hydrogens is 326 g/mol. The molecule has 4 fully saturated rings. The van der Waals surface area contributed by atoms with Crippen molar-refractivity contribution in [2.24, 2.45) is 28.6 Å².